The maximum absolute atomic E-state index is 13.3. The van der Waals surface area contributed by atoms with Crippen molar-refractivity contribution in [1.82, 2.24) is 0 Å². The molecule has 3 heteroatoms. The summed E-state index contributed by atoms with van der Waals surface area (Å²) in [6.07, 6.45) is 0. The predicted molar refractivity (Wildman–Crippen MR) is 63.8 cm³/mol. The summed E-state index contributed by atoms with van der Waals surface area (Å²) in [4.78, 5) is 0. The van der Waals surface area contributed by atoms with E-state index < -0.39 is 0 Å². The molecule has 0 aliphatic heterocycles. The molecule has 87 valence electrons. The van der Waals surface area contributed by atoms with Gasteiger partial charge in [0.1, 0.15) is 17.3 Å². The fourth-order valence-electron chi connectivity index (χ4n) is 1.64. The molecule has 2 aromatic carbocycles. The van der Waals surface area contributed by atoms with Crippen LogP contribution < -0.4 is 9.47 Å². The summed E-state index contributed by atoms with van der Waals surface area (Å²) >= 11 is 0. The van der Waals surface area contributed by atoms with Gasteiger partial charge in [0.15, 0.2) is 0 Å². The Bertz CT molecular complexity index is 523. The lowest BCUT2D eigenvalue weighted by Crippen LogP contribution is -1.90. The summed E-state index contributed by atoms with van der Waals surface area (Å²) in [7, 11) is 3.13. The SMILES string of the molecule is COc1[c]ccc(-c2cc(F)ccc2OC)c1. The van der Waals surface area contributed by atoms with E-state index in [1.807, 2.05) is 6.07 Å². The van der Waals surface area contributed by atoms with Gasteiger partial charge in [-0.1, -0.05) is 6.07 Å². The molecule has 0 heterocycles. The Kier molecular flexibility index (Phi) is 3.28. The van der Waals surface area contributed by atoms with Gasteiger partial charge < -0.3 is 9.47 Å². The van der Waals surface area contributed by atoms with Gasteiger partial charge in [0, 0.05) is 11.6 Å². The summed E-state index contributed by atoms with van der Waals surface area (Å²) in [5.41, 5.74) is 1.52. The highest BCUT2D eigenvalue weighted by Crippen LogP contribution is 2.32. The minimum Gasteiger partial charge on any atom is -0.496 e. The monoisotopic (exact) mass is 231 g/mol. The van der Waals surface area contributed by atoms with E-state index in [-0.39, 0.29) is 5.82 Å². The fourth-order valence-corrected chi connectivity index (χ4v) is 1.64. The third kappa shape index (κ3) is 2.38. The van der Waals surface area contributed by atoms with Crippen LogP contribution in [0.1, 0.15) is 0 Å². The smallest absolute Gasteiger partial charge is 0.127 e. The summed E-state index contributed by atoms with van der Waals surface area (Å²) in [5, 5.41) is 0. The van der Waals surface area contributed by atoms with Gasteiger partial charge in [-0.3, -0.25) is 0 Å². The Balaban J connectivity index is 2.54. The molecular weight excluding hydrogens is 219 g/mol. The van der Waals surface area contributed by atoms with Gasteiger partial charge >= 0.3 is 0 Å². The second-order valence-corrected chi connectivity index (χ2v) is 3.49. The Morgan fingerprint density at radius 2 is 1.88 bits per heavy atom. The molecule has 2 rings (SSSR count). The first-order chi connectivity index (χ1) is 8.24. The first-order valence-corrected chi connectivity index (χ1v) is 5.14. The van der Waals surface area contributed by atoms with E-state index in [9.17, 15) is 4.39 Å². The van der Waals surface area contributed by atoms with Gasteiger partial charge in [-0.25, -0.2) is 4.39 Å². The van der Waals surface area contributed by atoms with Crippen LogP contribution in [0.25, 0.3) is 11.1 Å². The van der Waals surface area contributed by atoms with Crippen molar-refractivity contribution in [1.29, 1.82) is 0 Å². The number of hydrogen-bond donors (Lipinski definition) is 0. The Labute approximate surface area is 99.6 Å². The standard InChI is InChI=1S/C14H12FO2/c1-16-12-5-3-4-10(8-12)13-9-11(15)6-7-14(13)17-2/h3-4,6-9H,1-2H3. The van der Waals surface area contributed by atoms with E-state index in [1.165, 1.54) is 12.1 Å². The van der Waals surface area contributed by atoms with Gasteiger partial charge in [-0.15, -0.1) is 0 Å². The molecule has 0 atom stereocenters. The van der Waals surface area contributed by atoms with Gasteiger partial charge in [0.05, 0.1) is 14.2 Å². The third-order valence-electron chi connectivity index (χ3n) is 2.47. The Hall–Kier alpha value is -2.03. The topological polar surface area (TPSA) is 18.5 Å². The minimum atomic E-state index is -0.299. The molecule has 0 N–H and O–H groups in total. The van der Waals surface area contributed by atoms with Crippen molar-refractivity contribution in [2.24, 2.45) is 0 Å². The first kappa shape index (κ1) is 11.5. The van der Waals surface area contributed by atoms with Crippen molar-refractivity contribution in [3.05, 3.63) is 48.3 Å². The molecule has 1 radical (unpaired) electrons. The zero-order chi connectivity index (χ0) is 12.3. The van der Waals surface area contributed by atoms with E-state index in [4.69, 9.17) is 9.47 Å². The predicted octanol–water partition coefficient (Wildman–Crippen LogP) is 3.31. The van der Waals surface area contributed by atoms with Gasteiger partial charge in [0.2, 0.25) is 0 Å². The summed E-state index contributed by atoms with van der Waals surface area (Å²) in [5.74, 6) is 0.932. The van der Waals surface area contributed by atoms with Crippen molar-refractivity contribution in [3.8, 4) is 22.6 Å². The van der Waals surface area contributed by atoms with E-state index in [0.717, 1.165) is 5.56 Å². The van der Waals surface area contributed by atoms with Crippen molar-refractivity contribution >= 4 is 0 Å². The third-order valence-corrected chi connectivity index (χ3v) is 2.47. The van der Waals surface area contributed by atoms with Gasteiger partial charge in [0.25, 0.3) is 0 Å². The highest BCUT2D eigenvalue weighted by atomic mass is 19.1. The Morgan fingerprint density at radius 1 is 1.06 bits per heavy atom. The average molecular weight is 231 g/mol. The molecule has 0 amide bonds. The highest BCUT2D eigenvalue weighted by molar-refractivity contribution is 5.71. The van der Waals surface area contributed by atoms with Crippen molar-refractivity contribution < 1.29 is 13.9 Å². The largest absolute Gasteiger partial charge is 0.496 e. The van der Waals surface area contributed by atoms with Crippen LogP contribution >= 0.6 is 0 Å². The highest BCUT2D eigenvalue weighted by Gasteiger charge is 2.08. The van der Waals surface area contributed by atoms with Crippen molar-refractivity contribution in [3.63, 3.8) is 0 Å². The quantitative estimate of drug-likeness (QED) is 0.806. The number of hydrogen-bond acceptors (Lipinski definition) is 2. The fraction of sp³-hybridized carbons (Fsp3) is 0.143. The second kappa shape index (κ2) is 4.87. The zero-order valence-electron chi connectivity index (χ0n) is 9.66. The molecule has 0 unspecified atom stereocenters. The van der Waals surface area contributed by atoms with Gasteiger partial charge in [-0.2, -0.15) is 0 Å². The number of methoxy groups -OCH3 is 2. The minimum absolute atomic E-state index is 0.299. The van der Waals surface area contributed by atoms with Crippen LogP contribution in [0.15, 0.2) is 36.4 Å². The lowest BCUT2D eigenvalue weighted by atomic mass is 10.0. The van der Waals surface area contributed by atoms with Crippen LogP contribution in [0, 0.1) is 11.9 Å². The molecule has 0 aliphatic rings. The number of benzene rings is 2. The maximum atomic E-state index is 13.3. The second-order valence-electron chi connectivity index (χ2n) is 3.49. The van der Waals surface area contributed by atoms with Crippen LogP contribution in [-0.4, -0.2) is 14.2 Å². The Morgan fingerprint density at radius 3 is 2.59 bits per heavy atom. The van der Waals surface area contributed by atoms with E-state index >= 15 is 0 Å². The molecule has 0 aromatic heterocycles. The molecule has 17 heavy (non-hydrogen) atoms. The van der Waals surface area contributed by atoms with Crippen molar-refractivity contribution in [2.45, 2.75) is 0 Å². The lowest BCUT2D eigenvalue weighted by Gasteiger charge is -2.09. The zero-order valence-corrected chi connectivity index (χ0v) is 9.66. The molecular formula is C14H12FO2. The van der Waals surface area contributed by atoms with E-state index in [0.29, 0.717) is 17.1 Å². The normalized spacial score (nSPS) is 10.1. The summed E-state index contributed by atoms with van der Waals surface area (Å²) in [6.45, 7) is 0. The van der Waals surface area contributed by atoms with E-state index in [1.54, 1.807) is 32.4 Å². The lowest BCUT2D eigenvalue weighted by molar-refractivity contribution is 0.412. The van der Waals surface area contributed by atoms with Crippen molar-refractivity contribution in [2.75, 3.05) is 14.2 Å². The molecule has 0 aliphatic carbocycles. The molecule has 0 fully saturated rings. The molecule has 2 aromatic rings. The maximum Gasteiger partial charge on any atom is 0.127 e. The van der Waals surface area contributed by atoms with Crippen LogP contribution in [0.5, 0.6) is 11.5 Å². The molecule has 2 nitrogen and oxygen atoms in total. The molecule has 0 saturated heterocycles. The molecule has 0 spiro atoms. The average Bonchev–Trinajstić information content (AvgIpc) is 2.39. The summed E-state index contributed by atoms with van der Waals surface area (Å²) < 4.78 is 23.6. The van der Waals surface area contributed by atoms with Crippen LogP contribution in [-0.2, 0) is 0 Å². The number of rotatable bonds is 3. The van der Waals surface area contributed by atoms with E-state index in [2.05, 4.69) is 6.07 Å². The summed E-state index contributed by atoms with van der Waals surface area (Å²) in [6, 6.07) is 12.7. The number of halogens is 1. The molecule has 0 bridgehead atoms. The van der Waals surface area contributed by atoms with Gasteiger partial charge in [-0.05, 0) is 35.9 Å². The first-order valence-electron chi connectivity index (χ1n) is 5.14. The van der Waals surface area contributed by atoms with Crippen LogP contribution in [0.3, 0.4) is 0 Å². The van der Waals surface area contributed by atoms with Crippen LogP contribution in [0.4, 0.5) is 4.39 Å². The number of ether oxygens (including phenoxy) is 2. The van der Waals surface area contributed by atoms with Crippen LogP contribution in [0.2, 0.25) is 0 Å². The molecule has 0 saturated carbocycles.